The van der Waals surface area contributed by atoms with E-state index >= 15 is 0 Å². The molecule has 0 bridgehead atoms. The monoisotopic (exact) mass is 459 g/mol. The quantitative estimate of drug-likeness (QED) is 0.759. The zero-order chi connectivity index (χ0) is 22.5. The molecule has 0 unspecified atom stereocenters. The fourth-order valence-electron chi connectivity index (χ4n) is 4.52. The molecule has 1 saturated carbocycles. The van der Waals surface area contributed by atoms with Crippen molar-refractivity contribution in [1.82, 2.24) is 9.21 Å². The highest BCUT2D eigenvalue weighted by molar-refractivity contribution is 7.89. The molecular weight excluding hydrogens is 435 g/mol. The van der Waals surface area contributed by atoms with Crippen LogP contribution in [0.25, 0.3) is 11.1 Å². The third-order valence-corrected chi connectivity index (χ3v) is 8.51. The number of rotatable bonds is 4. The molecule has 7 nitrogen and oxygen atoms in total. The highest BCUT2D eigenvalue weighted by atomic mass is 32.2. The number of piperidine rings is 1. The van der Waals surface area contributed by atoms with Crippen molar-refractivity contribution in [2.75, 3.05) is 26.2 Å². The maximum absolute atomic E-state index is 14.9. The minimum absolute atomic E-state index is 0.00145. The van der Waals surface area contributed by atoms with Crippen molar-refractivity contribution in [2.24, 2.45) is 0 Å². The number of hydrogen-bond acceptors (Lipinski definition) is 5. The molecule has 1 radical (unpaired) electrons. The van der Waals surface area contributed by atoms with E-state index < -0.39 is 21.4 Å². The Morgan fingerprint density at radius 2 is 1.84 bits per heavy atom. The summed E-state index contributed by atoms with van der Waals surface area (Å²) >= 11 is 0. The first-order chi connectivity index (χ1) is 15.3. The zero-order valence-corrected chi connectivity index (χ0v) is 18.3. The highest BCUT2D eigenvalue weighted by Gasteiger charge is 2.47. The van der Waals surface area contributed by atoms with Crippen LogP contribution >= 0.6 is 0 Å². The van der Waals surface area contributed by atoms with Gasteiger partial charge in [0, 0.05) is 25.2 Å². The molecule has 0 aromatic heterocycles. The summed E-state index contributed by atoms with van der Waals surface area (Å²) in [6, 6.07) is 11.5. The van der Waals surface area contributed by atoms with Crippen molar-refractivity contribution in [3.8, 4) is 16.9 Å². The summed E-state index contributed by atoms with van der Waals surface area (Å²) in [6.07, 6.45) is 2.96. The van der Waals surface area contributed by atoms with Gasteiger partial charge in [0.2, 0.25) is 15.9 Å². The van der Waals surface area contributed by atoms with Gasteiger partial charge in [-0.15, -0.1) is 0 Å². The summed E-state index contributed by atoms with van der Waals surface area (Å²) in [4.78, 5) is 13.7. The van der Waals surface area contributed by atoms with Gasteiger partial charge >= 0.3 is 0 Å². The minimum Gasteiger partial charge on any atom is -0.507 e. The number of nitrogens with zero attached hydrogens (tertiary/aromatic N) is 2. The van der Waals surface area contributed by atoms with E-state index in [4.69, 9.17) is 4.74 Å². The number of halogens is 1. The lowest BCUT2D eigenvalue weighted by Crippen LogP contribution is -2.59. The maximum Gasteiger partial charge on any atom is 0.248 e. The zero-order valence-electron chi connectivity index (χ0n) is 17.5. The van der Waals surface area contributed by atoms with Gasteiger partial charge < -0.3 is 14.7 Å². The third kappa shape index (κ3) is 3.89. The second-order valence-electron chi connectivity index (χ2n) is 8.74. The van der Waals surface area contributed by atoms with Crippen LogP contribution in [0.5, 0.6) is 5.75 Å². The average Bonchev–Trinajstić information content (AvgIpc) is 3.62. The molecule has 2 heterocycles. The van der Waals surface area contributed by atoms with Crippen molar-refractivity contribution < 1.29 is 27.4 Å². The summed E-state index contributed by atoms with van der Waals surface area (Å²) in [5.74, 6) is -0.847. The van der Waals surface area contributed by atoms with E-state index in [9.17, 15) is 22.7 Å². The van der Waals surface area contributed by atoms with Crippen molar-refractivity contribution in [2.45, 2.75) is 42.2 Å². The van der Waals surface area contributed by atoms with Crippen LogP contribution in [0.15, 0.2) is 41.3 Å². The van der Waals surface area contributed by atoms with Gasteiger partial charge in [-0.1, -0.05) is 12.1 Å². The van der Waals surface area contributed by atoms with Crippen molar-refractivity contribution in [1.29, 1.82) is 0 Å². The molecule has 1 aliphatic carbocycles. The van der Waals surface area contributed by atoms with Gasteiger partial charge in [-0.25, -0.2) is 12.8 Å². The summed E-state index contributed by atoms with van der Waals surface area (Å²) < 4.78 is 48.3. The molecule has 2 saturated heterocycles. The van der Waals surface area contributed by atoms with E-state index in [0.29, 0.717) is 36.6 Å². The Kier molecular flexibility index (Phi) is 5.22. The summed E-state index contributed by atoms with van der Waals surface area (Å²) in [5.41, 5.74) is 0.589. The molecule has 3 fully saturated rings. The molecule has 1 N–H and O–H groups in total. The largest absolute Gasteiger partial charge is 0.507 e. The van der Waals surface area contributed by atoms with Crippen LogP contribution in [0.4, 0.5) is 4.39 Å². The molecule has 1 amide bonds. The molecule has 5 rings (SSSR count). The van der Waals surface area contributed by atoms with E-state index in [2.05, 4.69) is 6.07 Å². The molecule has 0 atom stereocenters. The number of amides is 1. The molecule has 2 aliphatic heterocycles. The van der Waals surface area contributed by atoms with Gasteiger partial charge in [0.05, 0.1) is 12.1 Å². The first-order valence-corrected chi connectivity index (χ1v) is 12.2. The fourth-order valence-corrected chi connectivity index (χ4v) is 6.01. The Hall–Kier alpha value is -2.49. The van der Waals surface area contributed by atoms with Crippen LogP contribution in [-0.2, 0) is 19.6 Å². The van der Waals surface area contributed by atoms with Crippen LogP contribution in [0.3, 0.4) is 0 Å². The number of carbonyl (C=O) groups is 1. The lowest BCUT2D eigenvalue weighted by atomic mass is 9.90. The van der Waals surface area contributed by atoms with Gasteiger partial charge in [0.1, 0.15) is 23.1 Å². The predicted octanol–water partition coefficient (Wildman–Crippen LogP) is 2.54. The predicted molar refractivity (Wildman–Crippen MR) is 114 cm³/mol. The molecule has 2 aromatic carbocycles. The molecule has 169 valence electrons. The standard InChI is InChI=1S/C23H24FN2O5S/c24-20-13-17(16-1-6-19(27)7-2-16)3-8-21(20)32(29,30)25-11-9-23(10-12-25)15-26(18-4-5-18)22(28)14-31-23/h1-3,6,8,13,18,27H,4-5,9-12,14-15H2. The highest BCUT2D eigenvalue weighted by Crippen LogP contribution is 2.37. The van der Waals surface area contributed by atoms with Crippen LogP contribution in [-0.4, -0.2) is 66.5 Å². The third-order valence-electron chi connectivity index (χ3n) is 6.58. The lowest BCUT2D eigenvalue weighted by Gasteiger charge is -2.46. The topological polar surface area (TPSA) is 87.1 Å². The first-order valence-electron chi connectivity index (χ1n) is 10.7. The molecule has 32 heavy (non-hydrogen) atoms. The maximum atomic E-state index is 14.9. The SMILES string of the molecule is O=C1COC2(CCN(S(=O)(=O)c3ccc(-c4c[c]c(O)cc4)cc3F)CC2)CN1C1CC1. The average molecular weight is 460 g/mol. The van der Waals surface area contributed by atoms with E-state index in [1.165, 1.54) is 28.6 Å². The second-order valence-corrected chi connectivity index (χ2v) is 10.6. The fraction of sp³-hybridized carbons (Fsp3) is 0.435. The number of sulfonamides is 1. The van der Waals surface area contributed by atoms with Crippen molar-refractivity contribution >= 4 is 15.9 Å². The normalized spacial score (nSPS) is 21.8. The number of phenols is 1. The van der Waals surface area contributed by atoms with Crippen molar-refractivity contribution in [3.05, 3.63) is 48.3 Å². The van der Waals surface area contributed by atoms with E-state index in [-0.39, 0.29) is 36.2 Å². The molecule has 9 heteroatoms. The first kappa shape index (κ1) is 21.4. The number of phenolic OH excluding ortho intramolecular Hbond substituents is 1. The Balaban J connectivity index is 1.31. The van der Waals surface area contributed by atoms with Gasteiger partial charge in [-0.3, -0.25) is 4.79 Å². The molecular formula is C23H24FN2O5S. The van der Waals surface area contributed by atoms with Crippen LogP contribution in [0, 0.1) is 11.9 Å². The van der Waals surface area contributed by atoms with Gasteiger partial charge in [-0.05, 0) is 61.1 Å². The molecule has 1 spiro atoms. The Morgan fingerprint density at radius 1 is 1.12 bits per heavy atom. The van der Waals surface area contributed by atoms with Crippen LogP contribution in [0.2, 0.25) is 0 Å². The number of benzene rings is 2. The minimum atomic E-state index is -4.01. The Bertz CT molecular complexity index is 1140. The van der Waals surface area contributed by atoms with Gasteiger partial charge in [-0.2, -0.15) is 4.31 Å². The smallest absolute Gasteiger partial charge is 0.248 e. The number of hydrogen-bond donors (Lipinski definition) is 1. The van der Waals surface area contributed by atoms with E-state index in [1.54, 1.807) is 12.1 Å². The van der Waals surface area contributed by atoms with Crippen LogP contribution in [0.1, 0.15) is 25.7 Å². The van der Waals surface area contributed by atoms with Crippen LogP contribution < -0.4 is 0 Å². The summed E-state index contributed by atoms with van der Waals surface area (Å²) in [5, 5.41) is 9.36. The number of morpholine rings is 1. The molecule has 3 aliphatic rings. The summed E-state index contributed by atoms with van der Waals surface area (Å²) in [6.45, 7) is 0.956. The second kappa shape index (κ2) is 7.83. The Labute approximate surface area is 186 Å². The van der Waals surface area contributed by atoms with Gasteiger partial charge in [0.25, 0.3) is 0 Å². The molecule has 2 aromatic rings. The van der Waals surface area contributed by atoms with E-state index in [1.807, 2.05) is 4.90 Å². The summed E-state index contributed by atoms with van der Waals surface area (Å²) in [7, 11) is -4.01. The van der Waals surface area contributed by atoms with E-state index in [0.717, 1.165) is 12.8 Å². The Morgan fingerprint density at radius 3 is 2.47 bits per heavy atom. The number of carbonyl (C=O) groups excluding carboxylic acids is 1. The van der Waals surface area contributed by atoms with Gasteiger partial charge in [0.15, 0.2) is 0 Å². The van der Waals surface area contributed by atoms with Crippen molar-refractivity contribution in [3.63, 3.8) is 0 Å². The number of ether oxygens (including phenoxy) is 1. The number of aromatic hydroxyl groups is 1. The lowest BCUT2D eigenvalue weighted by molar-refractivity contribution is -0.170.